The van der Waals surface area contributed by atoms with Gasteiger partial charge in [-0.1, -0.05) is 30.3 Å². The Labute approximate surface area is 90.2 Å². The van der Waals surface area contributed by atoms with Crippen LogP contribution < -0.4 is 5.06 Å². The van der Waals surface area contributed by atoms with Crippen molar-refractivity contribution in [3.05, 3.63) is 41.1 Å². The fraction of sp³-hybridized carbons (Fsp3) is 0.500. The molecule has 1 aliphatic rings. The number of nitrogens with one attached hydrogen (secondary N) is 1. The first-order chi connectivity index (χ1) is 7.36. The fourth-order valence-electron chi connectivity index (χ4n) is 1.76. The third kappa shape index (κ3) is 3.02. The standard InChI is InChI=1S/C12H17NO2/c14-13-8-6-12(13)7-9-15-10-11-4-2-1-3-5-11/h1-5,12-13H,6-10H2. The lowest BCUT2D eigenvalue weighted by molar-refractivity contribution is -0.920. The maximum absolute atomic E-state index is 11.0. The van der Waals surface area contributed by atoms with Crippen LogP contribution in [0.3, 0.4) is 0 Å². The highest BCUT2D eigenvalue weighted by atomic mass is 16.5. The zero-order valence-electron chi connectivity index (χ0n) is 8.82. The van der Waals surface area contributed by atoms with Crippen molar-refractivity contribution in [2.75, 3.05) is 13.2 Å². The normalized spacial score (nSPS) is 24.9. The number of hydroxylamine groups is 2. The second kappa shape index (κ2) is 5.26. The van der Waals surface area contributed by atoms with Crippen LogP contribution in [0.1, 0.15) is 18.4 Å². The fourth-order valence-corrected chi connectivity index (χ4v) is 1.76. The smallest absolute Gasteiger partial charge is 0.0948 e. The van der Waals surface area contributed by atoms with Crippen molar-refractivity contribution in [1.29, 1.82) is 0 Å². The molecule has 2 rings (SSSR count). The molecule has 15 heavy (non-hydrogen) atoms. The summed E-state index contributed by atoms with van der Waals surface area (Å²) in [4.78, 5) is 0. The van der Waals surface area contributed by atoms with Gasteiger partial charge in [0.1, 0.15) is 0 Å². The van der Waals surface area contributed by atoms with E-state index in [0.29, 0.717) is 24.3 Å². The lowest BCUT2D eigenvalue weighted by atomic mass is 10.0. The Hall–Kier alpha value is -0.900. The van der Waals surface area contributed by atoms with E-state index in [2.05, 4.69) is 12.1 Å². The minimum absolute atomic E-state index is 0.292. The highest BCUT2D eigenvalue weighted by molar-refractivity contribution is 5.13. The van der Waals surface area contributed by atoms with Gasteiger partial charge in [0.25, 0.3) is 0 Å². The predicted molar refractivity (Wildman–Crippen MR) is 58.3 cm³/mol. The number of rotatable bonds is 5. The molecule has 1 fully saturated rings. The number of hydrogen-bond donors (Lipinski definition) is 1. The zero-order valence-corrected chi connectivity index (χ0v) is 8.82. The molecular formula is C12H17NO2. The van der Waals surface area contributed by atoms with Crippen molar-refractivity contribution in [2.24, 2.45) is 0 Å². The molecule has 1 N–H and O–H groups in total. The van der Waals surface area contributed by atoms with E-state index in [1.54, 1.807) is 0 Å². The second-order valence-electron chi connectivity index (χ2n) is 4.03. The predicted octanol–water partition coefficient (Wildman–Crippen LogP) is 0.748. The summed E-state index contributed by atoms with van der Waals surface area (Å²) >= 11 is 0. The zero-order chi connectivity index (χ0) is 10.5. The summed E-state index contributed by atoms with van der Waals surface area (Å²) in [7, 11) is 0. The Kier molecular flexibility index (Phi) is 3.72. The molecule has 0 bridgehead atoms. The lowest BCUT2D eigenvalue weighted by Crippen LogP contribution is -3.17. The molecule has 2 atom stereocenters. The van der Waals surface area contributed by atoms with Gasteiger partial charge < -0.3 is 15.0 Å². The molecule has 0 amide bonds. The summed E-state index contributed by atoms with van der Waals surface area (Å²) in [5.41, 5.74) is 1.19. The van der Waals surface area contributed by atoms with Gasteiger partial charge in [0.2, 0.25) is 0 Å². The molecule has 1 aliphatic heterocycles. The molecule has 0 aromatic heterocycles. The molecule has 0 aliphatic carbocycles. The van der Waals surface area contributed by atoms with Crippen LogP contribution in [0.4, 0.5) is 0 Å². The van der Waals surface area contributed by atoms with Gasteiger partial charge >= 0.3 is 0 Å². The quantitative estimate of drug-likeness (QED) is 0.571. The van der Waals surface area contributed by atoms with Gasteiger partial charge in [-0.2, -0.15) is 0 Å². The maximum atomic E-state index is 11.0. The number of quaternary nitrogens is 1. The average Bonchev–Trinajstić information content (AvgIpc) is 2.28. The molecule has 3 nitrogen and oxygen atoms in total. The molecule has 1 heterocycles. The van der Waals surface area contributed by atoms with Crippen LogP contribution in [0.25, 0.3) is 0 Å². The highest BCUT2D eigenvalue weighted by Gasteiger charge is 2.25. The first-order valence-electron chi connectivity index (χ1n) is 5.50. The van der Waals surface area contributed by atoms with E-state index in [1.807, 2.05) is 18.2 Å². The van der Waals surface area contributed by atoms with Gasteiger partial charge in [0, 0.05) is 12.8 Å². The second-order valence-corrected chi connectivity index (χ2v) is 4.03. The van der Waals surface area contributed by atoms with E-state index in [-0.39, 0.29) is 0 Å². The van der Waals surface area contributed by atoms with Gasteiger partial charge in [0.15, 0.2) is 0 Å². The van der Waals surface area contributed by atoms with Crippen LogP contribution in [0.5, 0.6) is 0 Å². The van der Waals surface area contributed by atoms with Crippen LogP contribution in [0.15, 0.2) is 30.3 Å². The highest BCUT2D eigenvalue weighted by Crippen LogP contribution is 2.04. The summed E-state index contributed by atoms with van der Waals surface area (Å²) in [6.07, 6.45) is 1.96. The van der Waals surface area contributed by atoms with E-state index >= 15 is 0 Å². The van der Waals surface area contributed by atoms with Crippen LogP contribution in [-0.4, -0.2) is 19.2 Å². The Morgan fingerprint density at radius 2 is 2.13 bits per heavy atom. The summed E-state index contributed by atoms with van der Waals surface area (Å²) in [6.45, 7) is 2.14. The SMILES string of the molecule is [O-][NH+]1CCC1CCOCc1ccccc1. The van der Waals surface area contributed by atoms with Gasteiger partial charge in [-0.25, -0.2) is 0 Å². The Balaban J connectivity index is 1.59. The third-order valence-corrected chi connectivity index (χ3v) is 2.92. The first-order valence-corrected chi connectivity index (χ1v) is 5.50. The van der Waals surface area contributed by atoms with E-state index in [4.69, 9.17) is 4.74 Å². The van der Waals surface area contributed by atoms with Crippen LogP contribution >= 0.6 is 0 Å². The molecule has 2 unspecified atom stereocenters. The Morgan fingerprint density at radius 3 is 2.73 bits per heavy atom. The summed E-state index contributed by atoms with van der Waals surface area (Å²) in [5, 5.41) is 11.5. The molecule has 0 saturated carbocycles. The largest absolute Gasteiger partial charge is 0.634 e. The van der Waals surface area contributed by atoms with E-state index in [1.165, 1.54) is 5.56 Å². The van der Waals surface area contributed by atoms with Crippen molar-refractivity contribution < 1.29 is 9.80 Å². The topological polar surface area (TPSA) is 36.7 Å². The third-order valence-electron chi connectivity index (χ3n) is 2.92. The average molecular weight is 207 g/mol. The lowest BCUT2D eigenvalue weighted by Gasteiger charge is -2.40. The van der Waals surface area contributed by atoms with Crippen LogP contribution in [0, 0.1) is 5.21 Å². The van der Waals surface area contributed by atoms with Crippen molar-refractivity contribution in [3.63, 3.8) is 0 Å². The van der Waals surface area contributed by atoms with Crippen molar-refractivity contribution in [1.82, 2.24) is 0 Å². The molecule has 0 spiro atoms. The van der Waals surface area contributed by atoms with E-state index in [9.17, 15) is 5.21 Å². The van der Waals surface area contributed by atoms with E-state index < -0.39 is 0 Å². The van der Waals surface area contributed by atoms with E-state index in [0.717, 1.165) is 19.4 Å². The number of hydrogen-bond acceptors (Lipinski definition) is 2. The molecule has 82 valence electrons. The van der Waals surface area contributed by atoms with Crippen molar-refractivity contribution >= 4 is 0 Å². The van der Waals surface area contributed by atoms with Crippen LogP contribution in [0.2, 0.25) is 0 Å². The summed E-state index contributed by atoms with van der Waals surface area (Å²) in [5.74, 6) is 0. The first kappa shape index (κ1) is 10.6. The Bertz CT molecular complexity index is 289. The number of benzene rings is 1. The monoisotopic (exact) mass is 207 g/mol. The van der Waals surface area contributed by atoms with Crippen LogP contribution in [-0.2, 0) is 11.3 Å². The molecule has 1 aromatic rings. The van der Waals surface area contributed by atoms with Gasteiger partial charge in [0.05, 0.1) is 25.8 Å². The Morgan fingerprint density at radius 1 is 1.33 bits per heavy atom. The molecule has 0 radical (unpaired) electrons. The van der Waals surface area contributed by atoms with Crippen molar-refractivity contribution in [3.8, 4) is 0 Å². The number of ether oxygens (including phenoxy) is 1. The van der Waals surface area contributed by atoms with Gasteiger partial charge in [-0.15, -0.1) is 0 Å². The molecular weight excluding hydrogens is 190 g/mol. The maximum Gasteiger partial charge on any atom is 0.0948 e. The van der Waals surface area contributed by atoms with Crippen molar-refractivity contribution in [2.45, 2.75) is 25.5 Å². The van der Waals surface area contributed by atoms with Gasteiger partial charge in [-0.3, -0.25) is 0 Å². The minimum atomic E-state index is 0.292. The minimum Gasteiger partial charge on any atom is -0.634 e. The molecule has 3 heteroatoms. The summed E-state index contributed by atoms with van der Waals surface area (Å²) < 4.78 is 5.52. The molecule has 1 saturated heterocycles. The van der Waals surface area contributed by atoms with Gasteiger partial charge in [-0.05, 0) is 5.56 Å². The summed E-state index contributed by atoms with van der Waals surface area (Å²) in [6, 6.07) is 10.4. The molecule has 1 aromatic carbocycles.